The molecule has 5 aromatic carbocycles. The van der Waals surface area contributed by atoms with Crippen LogP contribution in [-0.4, -0.2) is 15.0 Å². The van der Waals surface area contributed by atoms with Gasteiger partial charge in [-0.1, -0.05) is 66.7 Å². The smallest absolute Gasteiger partial charge is 0.116 e. The van der Waals surface area contributed by atoms with Crippen molar-refractivity contribution in [3.63, 3.8) is 0 Å². The quantitative estimate of drug-likeness (QED) is 0.214. The number of para-hydroxylation sites is 1. The standard InChI is InChI=1S/C27H15N3/c1-6-12-22-16(7-1)15-21-23-19-10-4-2-8-17(19)18-9-3-5-11-20(18)24(23)26-27(25(21)30-22)29-14-13-28-26/h1-15H. The van der Waals surface area contributed by atoms with Crippen molar-refractivity contribution in [3.8, 4) is 0 Å². The van der Waals surface area contributed by atoms with Crippen LogP contribution < -0.4 is 0 Å². The Balaban J connectivity index is 1.94. The lowest BCUT2D eigenvalue weighted by atomic mass is 9.90. The summed E-state index contributed by atoms with van der Waals surface area (Å²) in [7, 11) is 0. The van der Waals surface area contributed by atoms with Crippen molar-refractivity contribution in [2.75, 3.05) is 0 Å². The second-order valence-corrected chi connectivity index (χ2v) is 7.67. The van der Waals surface area contributed by atoms with Gasteiger partial charge in [-0.3, -0.25) is 9.97 Å². The highest BCUT2D eigenvalue weighted by molar-refractivity contribution is 6.38. The van der Waals surface area contributed by atoms with Gasteiger partial charge in [0.15, 0.2) is 0 Å². The molecule has 2 heterocycles. The van der Waals surface area contributed by atoms with Crippen LogP contribution in [0.25, 0.3) is 65.2 Å². The molecule has 2 aromatic heterocycles. The zero-order valence-corrected chi connectivity index (χ0v) is 16.0. The number of nitrogens with zero attached hydrogens (tertiary/aromatic N) is 3. The zero-order valence-electron chi connectivity index (χ0n) is 16.0. The van der Waals surface area contributed by atoms with E-state index in [0.717, 1.165) is 38.2 Å². The second-order valence-electron chi connectivity index (χ2n) is 7.67. The minimum absolute atomic E-state index is 0.853. The van der Waals surface area contributed by atoms with Crippen LogP contribution in [0.2, 0.25) is 0 Å². The van der Waals surface area contributed by atoms with Crippen molar-refractivity contribution < 1.29 is 0 Å². The average molecular weight is 381 g/mol. The molecule has 0 unspecified atom stereocenters. The van der Waals surface area contributed by atoms with Crippen molar-refractivity contribution in [3.05, 3.63) is 91.3 Å². The molecule has 30 heavy (non-hydrogen) atoms. The molecule has 0 saturated heterocycles. The molecule has 0 aliphatic carbocycles. The summed E-state index contributed by atoms with van der Waals surface area (Å²) in [6, 6.07) is 27.7. The number of benzene rings is 5. The molecule has 3 nitrogen and oxygen atoms in total. The molecule has 0 atom stereocenters. The molecule has 0 bridgehead atoms. The maximum Gasteiger partial charge on any atom is 0.116 e. The summed E-state index contributed by atoms with van der Waals surface area (Å²) in [6.07, 6.45) is 3.53. The number of fused-ring (bicyclic) bond motifs is 12. The molecule has 0 fully saturated rings. The Morgan fingerprint density at radius 1 is 0.467 bits per heavy atom. The fourth-order valence-electron chi connectivity index (χ4n) is 4.85. The van der Waals surface area contributed by atoms with Gasteiger partial charge in [0.05, 0.1) is 16.6 Å². The first-order valence-corrected chi connectivity index (χ1v) is 10.1. The van der Waals surface area contributed by atoms with E-state index in [1.165, 1.54) is 26.9 Å². The molecule has 7 aromatic rings. The fraction of sp³-hybridized carbons (Fsp3) is 0. The minimum Gasteiger partial charge on any atom is -0.252 e. The molecule has 0 radical (unpaired) electrons. The molecule has 0 aliphatic rings. The highest BCUT2D eigenvalue weighted by atomic mass is 14.8. The SMILES string of the molecule is c1ccc2nc3c(cc2c1)c1c2ccccc2c2ccccc2c1c1nccnc31. The van der Waals surface area contributed by atoms with Crippen molar-refractivity contribution in [1.82, 2.24) is 15.0 Å². The van der Waals surface area contributed by atoms with Gasteiger partial charge in [0, 0.05) is 33.9 Å². The third-order valence-electron chi connectivity index (χ3n) is 6.09. The van der Waals surface area contributed by atoms with Gasteiger partial charge >= 0.3 is 0 Å². The summed E-state index contributed by atoms with van der Waals surface area (Å²) < 4.78 is 0. The molecule has 0 N–H and O–H groups in total. The highest BCUT2D eigenvalue weighted by Gasteiger charge is 2.18. The van der Waals surface area contributed by atoms with E-state index in [1.54, 1.807) is 12.4 Å². The molecule has 138 valence electrons. The second kappa shape index (κ2) is 5.71. The van der Waals surface area contributed by atoms with Gasteiger partial charge in [0.1, 0.15) is 5.52 Å². The van der Waals surface area contributed by atoms with Crippen molar-refractivity contribution >= 4 is 65.2 Å². The number of pyridine rings is 1. The van der Waals surface area contributed by atoms with Gasteiger partial charge in [-0.05, 0) is 33.7 Å². The first kappa shape index (κ1) is 15.8. The third-order valence-corrected chi connectivity index (χ3v) is 6.09. The van der Waals surface area contributed by atoms with Crippen LogP contribution in [-0.2, 0) is 0 Å². The topological polar surface area (TPSA) is 38.7 Å². The van der Waals surface area contributed by atoms with Crippen LogP contribution in [0.1, 0.15) is 0 Å². The third kappa shape index (κ3) is 1.96. The van der Waals surface area contributed by atoms with Gasteiger partial charge in [0.25, 0.3) is 0 Å². The monoisotopic (exact) mass is 381 g/mol. The lowest BCUT2D eigenvalue weighted by Crippen LogP contribution is -1.93. The van der Waals surface area contributed by atoms with Crippen LogP contribution in [0.4, 0.5) is 0 Å². The zero-order chi connectivity index (χ0) is 19.7. The number of hydrogen-bond acceptors (Lipinski definition) is 3. The number of rotatable bonds is 0. The lowest BCUT2D eigenvalue weighted by molar-refractivity contribution is 1.30. The Bertz CT molecular complexity index is 1790. The van der Waals surface area contributed by atoms with E-state index < -0.39 is 0 Å². The van der Waals surface area contributed by atoms with Crippen molar-refractivity contribution in [2.24, 2.45) is 0 Å². The van der Waals surface area contributed by atoms with E-state index >= 15 is 0 Å². The summed E-state index contributed by atoms with van der Waals surface area (Å²) in [5.74, 6) is 0. The minimum atomic E-state index is 0.853. The molecule has 0 aliphatic heterocycles. The predicted octanol–water partition coefficient (Wildman–Crippen LogP) is 6.79. The summed E-state index contributed by atoms with van der Waals surface area (Å²) in [4.78, 5) is 14.6. The highest BCUT2D eigenvalue weighted by Crippen LogP contribution is 2.42. The number of hydrogen-bond donors (Lipinski definition) is 0. The van der Waals surface area contributed by atoms with Crippen molar-refractivity contribution in [1.29, 1.82) is 0 Å². The van der Waals surface area contributed by atoms with Gasteiger partial charge in [-0.2, -0.15) is 0 Å². The molecule has 0 saturated carbocycles. The van der Waals surface area contributed by atoms with Crippen LogP contribution in [0.3, 0.4) is 0 Å². The fourth-order valence-corrected chi connectivity index (χ4v) is 4.85. The largest absolute Gasteiger partial charge is 0.252 e. The molecular formula is C27H15N3. The van der Waals surface area contributed by atoms with Crippen LogP contribution in [0, 0.1) is 0 Å². The van der Waals surface area contributed by atoms with E-state index in [1.807, 2.05) is 6.07 Å². The Hall–Kier alpha value is -4.11. The van der Waals surface area contributed by atoms with Gasteiger partial charge in [-0.25, -0.2) is 4.98 Å². The Labute approximate surface area is 171 Å². The Morgan fingerprint density at radius 2 is 1.07 bits per heavy atom. The Morgan fingerprint density at radius 3 is 1.83 bits per heavy atom. The molecule has 0 amide bonds. The summed E-state index contributed by atoms with van der Waals surface area (Å²) in [5, 5.41) is 9.51. The van der Waals surface area contributed by atoms with E-state index in [2.05, 4.69) is 72.8 Å². The predicted molar refractivity (Wildman–Crippen MR) is 125 cm³/mol. The lowest BCUT2D eigenvalue weighted by Gasteiger charge is -2.15. The van der Waals surface area contributed by atoms with Gasteiger partial charge in [-0.15, -0.1) is 0 Å². The average Bonchev–Trinajstić information content (AvgIpc) is 2.82. The van der Waals surface area contributed by atoms with Gasteiger partial charge in [0.2, 0.25) is 0 Å². The van der Waals surface area contributed by atoms with E-state index in [9.17, 15) is 0 Å². The van der Waals surface area contributed by atoms with Gasteiger partial charge < -0.3 is 0 Å². The Kier molecular flexibility index (Phi) is 3.00. The summed E-state index contributed by atoms with van der Waals surface area (Å²) in [6.45, 7) is 0. The van der Waals surface area contributed by atoms with E-state index in [-0.39, 0.29) is 0 Å². The van der Waals surface area contributed by atoms with E-state index in [0.29, 0.717) is 0 Å². The number of aromatic nitrogens is 3. The summed E-state index contributed by atoms with van der Waals surface area (Å²) in [5.41, 5.74) is 3.64. The molecule has 3 heteroatoms. The van der Waals surface area contributed by atoms with E-state index in [4.69, 9.17) is 15.0 Å². The summed E-state index contributed by atoms with van der Waals surface area (Å²) >= 11 is 0. The normalized spacial score (nSPS) is 12.0. The van der Waals surface area contributed by atoms with Crippen LogP contribution in [0.5, 0.6) is 0 Å². The van der Waals surface area contributed by atoms with Crippen molar-refractivity contribution in [2.45, 2.75) is 0 Å². The molecule has 0 spiro atoms. The maximum atomic E-state index is 5.04. The maximum absolute atomic E-state index is 5.04. The van der Waals surface area contributed by atoms with Crippen LogP contribution >= 0.6 is 0 Å². The first-order valence-electron chi connectivity index (χ1n) is 10.1. The first-order chi connectivity index (χ1) is 14.9. The molecule has 7 rings (SSSR count). The van der Waals surface area contributed by atoms with Crippen LogP contribution in [0.15, 0.2) is 91.3 Å². The molecular weight excluding hydrogens is 366 g/mol.